The second-order valence-corrected chi connectivity index (χ2v) is 10.8. The molecule has 4 aromatic heterocycles. The summed E-state index contributed by atoms with van der Waals surface area (Å²) >= 11 is 2.80. The number of nitrogens with one attached hydrogen (secondary N) is 1. The minimum Gasteiger partial charge on any atom is -0.309 e. The lowest BCUT2D eigenvalue weighted by Gasteiger charge is -2.31. The van der Waals surface area contributed by atoms with Gasteiger partial charge in [0.15, 0.2) is 16.8 Å². The summed E-state index contributed by atoms with van der Waals surface area (Å²) < 4.78 is 2.26. The van der Waals surface area contributed by atoms with E-state index in [4.69, 9.17) is 0 Å². The van der Waals surface area contributed by atoms with E-state index in [1.54, 1.807) is 13.1 Å². The lowest BCUT2D eigenvalue weighted by Crippen LogP contribution is -2.22. The van der Waals surface area contributed by atoms with Gasteiger partial charge in [-0.05, 0) is 50.3 Å². The zero-order chi connectivity index (χ0) is 23.8. The first kappa shape index (κ1) is 22.9. The zero-order valence-electron chi connectivity index (χ0n) is 19.4. The lowest BCUT2D eigenvalue weighted by molar-refractivity contribution is 0.102. The number of rotatable bonds is 6. The molecule has 0 saturated heterocycles. The fourth-order valence-corrected chi connectivity index (χ4v) is 6.73. The number of carbonyl (C=O) groups is 1. The fraction of sp³-hybridized carbons (Fsp3) is 0.417. The van der Waals surface area contributed by atoms with Crippen molar-refractivity contribution in [2.45, 2.75) is 63.4 Å². The first-order valence-electron chi connectivity index (χ1n) is 11.5. The lowest BCUT2D eigenvalue weighted by atomic mass is 9.85. The number of hydrogen-bond donors (Lipinski definition) is 1. The van der Waals surface area contributed by atoms with Gasteiger partial charge in [-0.3, -0.25) is 19.1 Å². The summed E-state index contributed by atoms with van der Waals surface area (Å²) in [5.41, 5.74) is 1.44. The summed E-state index contributed by atoms with van der Waals surface area (Å²) in [4.78, 5) is 37.7. The van der Waals surface area contributed by atoms with Crippen LogP contribution in [-0.2, 0) is 5.75 Å². The number of thiophene rings is 1. The van der Waals surface area contributed by atoms with E-state index in [1.165, 1.54) is 49.3 Å². The number of nitrogens with zero attached hydrogens (tertiary/aromatic N) is 5. The maximum absolute atomic E-state index is 12.8. The molecule has 0 radical (unpaired) electrons. The van der Waals surface area contributed by atoms with Gasteiger partial charge < -0.3 is 4.98 Å². The summed E-state index contributed by atoms with van der Waals surface area (Å²) in [7, 11) is 0. The van der Waals surface area contributed by atoms with Crippen LogP contribution < -0.4 is 5.56 Å². The minimum absolute atomic E-state index is 0.0477. The second-order valence-electron chi connectivity index (χ2n) is 8.84. The van der Waals surface area contributed by atoms with Crippen LogP contribution in [0.1, 0.15) is 66.6 Å². The quantitative estimate of drug-likeness (QED) is 0.290. The summed E-state index contributed by atoms with van der Waals surface area (Å²) in [5.74, 6) is 2.31. The summed E-state index contributed by atoms with van der Waals surface area (Å²) in [6.07, 6.45) is 8.28. The average molecular weight is 495 g/mol. The predicted molar refractivity (Wildman–Crippen MR) is 134 cm³/mol. The van der Waals surface area contributed by atoms with E-state index in [0.717, 1.165) is 23.0 Å². The van der Waals surface area contributed by atoms with Crippen molar-refractivity contribution < 1.29 is 4.79 Å². The first-order valence-corrected chi connectivity index (χ1v) is 13.3. The molecular weight excluding hydrogens is 468 g/mol. The molecule has 1 aliphatic rings. The normalized spacial score (nSPS) is 18.4. The molecule has 0 spiro atoms. The molecule has 1 aliphatic carbocycles. The Bertz CT molecular complexity index is 1410. The molecular formula is C24H26N6O2S2. The summed E-state index contributed by atoms with van der Waals surface area (Å²) in [6.45, 7) is 5.61. The Kier molecular flexibility index (Phi) is 6.35. The number of hydrogen-bond acceptors (Lipinski definition) is 8. The molecule has 4 aromatic rings. The molecule has 0 aliphatic heterocycles. The fourth-order valence-electron chi connectivity index (χ4n) is 4.77. The van der Waals surface area contributed by atoms with Crippen molar-refractivity contribution >= 4 is 39.1 Å². The molecule has 0 aromatic carbocycles. The van der Waals surface area contributed by atoms with E-state index in [2.05, 4.69) is 36.6 Å². The van der Waals surface area contributed by atoms with Crippen LogP contribution in [0.5, 0.6) is 0 Å². The first-order chi connectivity index (χ1) is 16.4. The molecule has 176 valence electrons. The number of aromatic amines is 1. The van der Waals surface area contributed by atoms with Crippen molar-refractivity contribution in [2.75, 3.05) is 0 Å². The van der Waals surface area contributed by atoms with Gasteiger partial charge in [-0.1, -0.05) is 31.5 Å². The van der Waals surface area contributed by atoms with Gasteiger partial charge in [0.05, 0.1) is 16.0 Å². The van der Waals surface area contributed by atoms with Crippen LogP contribution >= 0.6 is 23.1 Å². The van der Waals surface area contributed by atoms with Crippen molar-refractivity contribution in [1.82, 2.24) is 29.7 Å². The topological polar surface area (TPSA) is 106 Å². The highest BCUT2D eigenvalue weighted by Crippen LogP contribution is 2.39. The molecule has 0 unspecified atom stereocenters. The number of aromatic nitrogens is 6. The van der Waals surface area contributed by atoms with Crippen molar-refractivity contribution in [2.24, 2.45) is 5.92 Å². The third-order valence-corrected chi connectivity index (χ3v) is 8.73. The highest BCUT2D eigenvalue weighted by molar-refractivity contribution is 7.98. The molecule has 34 heavy (non-hydrogen) atoms. The largest absolute Gasteiger partial charge is 0.309 e. The standard InChI is InChI=1S/C24H26N6O2S2/c1-13-7-4-5-9-17(13)30-21(16-8-6-10-25-11-16)28-29-24(30)33-12-18-26-22(32)19-14(2)20(15(3)31)34-23(19)27-18/h6,8,10-11,13,17H,4-5,7,9,12H2,1-3H3,(H,26,27,32)/t13-,17-/m1/s1. The Hall–Kier alpha value is -2.85. The summed E-state index contributed by atoms with van der Waals surface area (Å²) in [5, 5.41) is 10.4. The van der Waals surface area contributed by atoms with E-state index >= 15 is 0 Å². The summed E-state index contributed by atoms with van der Waals surface area (Å²) in [6, 6.07) is 4.23. The van der Waals surface area contributed by atoms with Crippen molar-refractivity contribution in [3.05, 3.63) is 51.1 Å². The maximum Gasteiger partial charge on any atom is 0.259 e. The molecule has 4 heterocycles. The number of pyridine rings is 1. The number of H-pyrrole nitrogens is 1. The minimum atomic E-state index is -0.208. The number of fused-ring (bicyclic) bond motifs is 1. The number of thioether (sulfide) groups is 1. The van der Waals surface area contributed by atoms with E-state index in [9.17, 15) is 9.59 Å². The molecule has 1 N–H and O–H groups in total. The van der Waals surface area contributed by atoms with Gasteiger partial charge in [0, 0.05) is 24.0 Å². The number of Topliss-reactive ketones (excluding diaryl/α,β-unsaturated/α-hetero) is 1. The molecule has 1 fully saturated rings. The van der Waals surface area contributed by atoms with Gasteiger partial charge in [-0.2, -0.15) is 0 Å². The highest BCUT2D eigenvalue weighted by atomic mass is 32.2. The van der Waals surface area contributed by atoms with Crippen molar-refractivity contribution in [3.63, 3.8) is 0 Å². The van der Waals surface area contributed by atoms with E-state index in [0.29, 0.717) is 44.2 Å². The van der Waals surface area contributed by atoms with Gasteiger partial charge in [0.2, 0.25) is 0 Å². The molecule has 5 rings (SSSR count). The van der Waals surface area contributed by atoms with Gasteiger partial charge in [-0.15, -0.1) is 21.5 Å². The van der Waals surface area contributed by atoms with Crippen LogP contribution in [0.3, 0.4) is 0 Å². The SMILES string of the molecule is CC(=O)c1sc2nc(CSc3nnc(-c4cccnc4)n3[C@@H]3CCCC[C@H]3C)[nH]c(=O)c2c1C. The van der Waals surface area contributed by atoms with Crippen molar-refractivity contribution in [3.8, 4) is 11.4 Å². The molecule has 10 heteroatoms. The number of aryl methyl sites for hydroxylation is 1. The van der Waals surface area contributed by atoms with Crippen LogP contribution in [-0.4, -0.2) is 35.5 Å². The predicted octanol–water partition coefficient (Wildman–Crippen LogP) is 5.19. The third kappa shape index (κ3) is 4.20. The van der Waals surface area contributed by atoms with Gasteiger partial charge >= 0.3 is 0 Å². The smallest absolute Gasteiger partial charge is 0.259 e. The Morgan fingerprint density at radius 1 is 1.29 bits per heavy atom. The van der Waals surface area contributed by atoms with Crippen LogP contribution in [0.4, 0.5) is 0 Å². The molecule has 1 saturated carbocycles. The number of ketones is 1. The van der Waals surface area contributed by atoms with Gasteiger partial charge in [0.1, 0.15) is 10.7 Å². The van der Waals surface area contributed by atoms with Crippen LogP contribution in [0, 0.1) is 12.8 Å². The van der Waals surface area contributed by atoms with Crippen LogP contribution in [0.25, 0.3) is 21.6 Å². The molecule has 0 amide bonds. The van der Waals surface area contributed by atoms with E-state index < -0.39 is 0 Å². The highest BCUT2D eigenvalue weighted by Gasteiger charge is 2.29. The Morgan fingerprint density at radius 3 is 2.85 bits per heavy atom. The van der Waals surface area contributed by atoms with Gasteiger partial charge in [0.25, 0.3) is 5.56 Å². The monoisotopic (exact) mass is 494 g/mol. The van der Waals surface area contributed by atoms with E-state index in [-0.39, 0.29) is 11.3 Å². The third-order valence-electron chi connectivity index (χ3n) is 6.49. The average Bonchev–Trinajstić information content (AvgIpc) is 3.40. The number of carbonyl (C=O) groups excluding carboxylic acids is 1. The Balaban J connectivity index is 1.49. The molecule has 0 bridgehead atoms. The van der Waals surface area contributed by atoms with Gasteiger partial charge in [-0.25, -0.2) is 4.98 Å². The van der Waals surface area contributed by atoms with Crippen molar-refractivity contribution in [1.29, 1.82) is 0 Å². The zero-order valence-corrected chi connectivity index (χ0v) is 21.0. The maximum atomic E-state index is 12.8. The molecule has 2 atom stereocenters. The van der Waals surface area contributed by atoms with E-state index in [1.807, 2.05) is 18.3 Å². The Labute approximate surface area is 205 Å². The van der Waals surface area contributed by atoms with Crippen LogP contribution in [0.15, 0.2) is 34.5 Å². The molecule has 8 nitrogen and oxygen atoms in total. The Morgan fingerprint density at radius 2 is 2.12 bits per heavy atom. The van der Waals surface area contributed by atoms with Crippen LogP contribution in [0.2, 0.25) is 0 Å². The second kappa shape index (κ2) is 9.42.